The molecule has 24 heavy (non-hydrogen) atoms. The van der Waals surface area contributed by atoms with Crippen molar-refractivity contribution in [3.63, 3.8) is 0 Å². The monoisotopic (exact) mass is 324 g/mol. The van der Waals surface area contributed by atoms with Crippen molar-refractivity contribution in [1.29, 1.82) is 0 Å². The van der Waals surface area contributed by atoms with Crippen LogP contribution in [-0.2, 0) is 17.6 Å². The van der Waals surface area contributed by atoms with Crippen LogP contribution in [0, 0.1) is 5.82 Å². The molecule has 124 valence electrons. The van der Waals surface area contributed by atoms with Gasteiger partial charge in [0.25, 0.3) is 5.91 Å². The number of H-pyrrole nitrogens is 1. The number of nitrogens with one attached hydrogen (secondary N) is 2. The lowest BCUT2D eigenvalue weighted by atomic mass is 9.89. The molecule has 2 aromatic rings. The number of benzene rings is 1. The van der Waals surface area contributed by atoms with Gasteiger partial charge in [-0.05, 0) is 67.0 Å². The van der Waals surface area contributed by atoms with Gasteiger partial charge < -0.3 is 10.3 Å². The maximum Gasteiger partial charge on any atom is 0.256 e. The van der Waals surface area contributed by atoms with E-state index in [1.54, 1.807) is 6.07 Å². The van der Waals surface area contributed by atoms with Crippen molar-refractivity contribution in [2.45, 2.75) is 45.4 Å². The highest BCUT2D eigenvalue weighted by Gasteiger charge is 2.27. The number of amides is 1. The van der Waals surface area contributed by atoms with E-state index in [0.717, 1.165) is 24.1 Å². The van der Waals surface area contributed by atoms with Crippen molar-refractivity contribution in [3.05, 3.63) is 52.1 Å². The quantitative estimate of drug-likeness (QED) is 0.776. The molecule has 0 unspecified atom stereocenters. The first-order chi connectivity index (χ1) is 11.5. The van der Waals surface area contributed by atoms with E-state index < -0.39 is 0 Å². The van der Waals surface area contributed by atoms with Gasteiger partial charge >= 0.3 is 0 Å². The zero-order chi connectivity index (χ0) is 16.8. The van der Waals surface area contributed by atoms with Crippen LogP contribution in [0.5, 0.6) is 0 Å². The summed E-state index contributed by atoms with van der Waals surface area (Å²) in [6, 6.07) is 4.44. The Balaban J connectivity index is 1.85. The molecule has 4 rings (SSSR count). The number of halogens is 1. The second-order valence-corrected chi connectivity index (χ2v) is 6.97. The first-order valence-electron chi connectivity index (χ1n) is 8.61. The molecule has 2 aliphatic rings. The van der Waals surface area contributed by atoms with E-state index in [1.165, 1.54) is 41.8 Å². The summed E-state index contributed by atoms with van der Waals surface area (Å²) >= 11 is 0. The van der Waals surface area contributed by atoms with Crippen LogP contribution >= 0.6 is 0 Å². The van der Waals surface area contributed by atoms with E-state index in [-0.39, 0.29) is 11.7 Å². The smallest absolute Gasteiger partial charge is 0.256 e. The number of carbonyl (C=O) groups excluding carboxylic acids is 1. The average Bonchev–Trinajstić information content (AvgIpc) is 3.05. The Bertz CT molecular complexity index is 861. The standard InChI is InChI=1S/C20H21FN2O/c1-11(2)19-14-5-3-4-6-16(14)22-18(19)10-15-13-8-7-12(21)9-17(13)23-20(15)24/h7-11,22H,3-6H2,1-2H3,(H,23,24). The van der Waals surface area contributed by atoms with Gasteiger partial charge in [-0.2, -0.15) is 0 Å². The van der Waals surface area contributed by atoms with E-state index in [9.17, 15) is 9.18 Å². The van der Waals surface area contributed by atoms with Crippen molar-refractivity contribution in [3.8, 4) is 0 Å². The number of fused-ring (bicyclic) bond motifs is 2. The van der Waals surface area contributed by atoms with Crippen LogP contribution in [0.2, 0.25) is 0 Å². The van der Waals surface area contributed by atoms with Gasteiger partial charge in [-0.3, -0.25) is 4.79 Å². The minimum Gasteiger partial charge on any atom is -0.358 e. The SMILES string of the molecule is CC(C)c1c(C=C2C(=O)Nc3cc(F)ccc32)[nH]c2c1CCCC2. The van der Waals surface area contributed by atoms with Gasteiger partial charge in [0.05, 0.1) is 11.3 Å². The fourth-order valence-corrected chi connectivity index (χ4v) is 3.96. The summed E-state index contributed by atoms with van der Waals surface area (Å²) in [6.45, 7) is 4.39. The molecule has 2 heterocycles. The molecular formula is C20H21FN2O. The normalized spacial score (nSPS) is 18.0. The molecule has 1 aromatic heterocycles. The summed E-state index contributed by atoms with van der Waals surface area (Å²) in [5, 5.41) is 2.76. The van der Waals surface area contributed by atoms with E-state index in [2.05, 4.69) is 24.1 Å². The predicted octanol–water partition coefficient (Wildman–Crippen LogP) is 4.65. The Kier molecular flexibility index (Phi) is 3.56. The number of aromatic amines is 1. The number of anilines is 1. The van der Waals surface area contributed by atoms with Crippen LogP contribution in [0.1, 0.15) is 60.7 Å². The Morgan fingerprint density at radius 1 is 1.21 bits per heavy atom. The number of hydrogen-bond acceptors (Lipinski definition) is 1. The van der Waals surface area contributed by atoms with Crippen LogP contribution < -0.4 is 5.32 Å². The Labute approximate surface area is 141 Å². The molecule has 0 bridgehead atoms. The van der Waals surface area contributed by atoms with E-state index in [4.69, 9.17) is 0 Å². The number of aromatic nitrogens is 1. The Morgan fingerprint density at radius 2 is 2.00 bits per heavy atom. The van der Waals surface area contributed by atoms with E-state index >= 15 is 0 Å². The molecule has 1 aromatic carbocycles. The van der Waals surface area contributed by atoms with Crippen LogP contribution in [0.4, 0.5) is 10.1 Å². The lowest BCUT2D eigenvalue weighted by Gasteiger charge is -2.14. The molecule has 1 amide bonds. The Morgan fingerprint density at radius 3 is 2.79 bits per heavy atom. The molecule has 3 nitrogen and oxygen atoms in total. The lowest BCUT2D eigenvalue weighted by molar-refractivity contribution is -0.110. The fraction of sp³-hybridized carbons (Fsp3) is 0.350. The number of aryl methyl sites for hydroxylation is 1. The zero-order valence-electron chi connectivity index (χ0n) is 14.0. The zero-order valence-corrected chi connectivity index (χ0v) is 14.0. The molecule has 4 heteroatoms. The lowest BCUT2D eigenvalue weighted by Crippen LogP contribution is -2.04. The van der Waals surface area contributed by atoms with Gasteiger partial charge in [0.2, 0.25) is 0 Å². The maximum atomic E-state index is 13.4. The van der Waals surface area contributed by atoms with Gasteiger partial charge in [0, 0.05) is 17.0 Å². The molecular weight excluding hydrogens is 303 g/mol. The molecule has 0 atom stereocenters. The van der Waals surface area contributed by atoms with Gasteiger partial charge in [0.15, 0.2) is 0 Å². The number of hydrogen-bond donors (Lipinski definition) is 2. The van der Waals surface area contributed by atoms with Crippen molar-refractivity contribution < 1.29 is 9.18 Å². The largest absolute Gasteiger partial charge is 0.358 e. The number of carbonyl (C=O) groups is 1. The highest BCUT2D eigenvalue weighted by atomic mass is 19.1. The van der Waals surface area contributed by atoms with E-state index in [0.29, 0.717) is 17.2 Å². The van der Waals surface area contributed by atoms with Gasteiger partial charge in [-0.15, -0.1) is 0 Å². The minimum absolute atomic E-state index is 0.169. The molecule has 0 spiro atoms. The summed E-state index contributed by atoms with van der Waals surface area (Å²) in [6.07, 6.45) is 6.56. The predicted molar refractivity (Wildman–Crippen MR) is 94.4 cm³/mol. The van der Waals surface area contributed by atoms with Gasteiger partial charge in [-0.1, -0.05) is 13.8 Å². The van der Waals surface area contributed by atoms with Crippen LogP contribution in [0.25, 0.3) is 11.6 Å². The summed E-state index contributed by atoms with van der Waals surface area (Å²) in [5.41, 5.74) is 7.01. The third kappa shape index (κ3) is 2.37. The summed E-state index contributed by atoms with van der Waals surface area (Å²) < 4.78 is 13.4. The van der Waals surface area contributed by atoms with Crippen LogP contribution in [0.15, 0.2) is 18.2 Å². The molecule has 0 fully saturated rings. The van der Waals surface area contributed by atoms with Gasteiger partial charge in [0.1, 0.15) is 5.82 Å². The van der Waals surface area contributed by atoms with Crippen LogP contribution in [0.3, 0.4) is 0 Å². The molecule has 0 saturated heterocycles. The molecule has 1 aliphatic carbocycles. The third-order valence-corrected chi connectivity index (χ3v) is 5.00. The highest BCUT2D eigenvalue weighted by Crippen LogP contribution is 2.37. The molecule has 0 radical (unpaired) electrons. The van der Waals surface area contributed by atoms with Crippen molar-refractivity contribution in [2.75, 3.05) is 5.32 Å². The summed E-state index contributed by atoms with van der Waals surface area (Å²) in [7, 11) is 0. The topological polar surface area (TPSA) is 44.9 Å². The van der Waals surface area contributed by atoms with Crippen molar-refractivity contribution >= 4 is 23.2 Å². The number of rotatable bonds is 2. The van der Waals surface area contributed by atoms with Gasteiger partial charge in [-0.25, -0.2) is 4.39 Å². The first-order valence-corrected chi connectivity index (χ1v) is 8.61. The third-order valence-electron chi connectivity index (χ3n) is 5.00. The van der Waals surface area contributed by atoms with Crippen LogP contribution in [-0.4, -0.2) is 10.9 Å². The first kappa shape index (κ1) is 15.2. The summed E-state index contributed by atoms with van der Waals surface area (Å²) in [5.74, 6) is -0.113. The minimum atomic E-state index is -0.339. The molecule has 1 aliphatic heterocycles. The average molecular weight is 324 g/mol. The van der Waals surface area contributed by atoms with Crippen molar-refractivity contribution in [2.24, 2.45) is 0 Å². The second-order valence-electron chi connectivity index (χ2n) is 6.97. The highest BCUT2D eigenvalue weighted by molar-refractivity contribution is 6.34. The molecule has 0 saturated carbocycles. The molecule has 2 N–H and O–H groups in total. The fourth-order valence-electron chi connectivity index (χ4n) is 3.96. The van der Waals surface area contributed by atoms with E-state index in [1.807, 2.05) is 6.08 Å². The van der Waals surface area contributed by atoms with Crippen molar-refractivity contribution in [1.82, 2.24) is 4.98 Å². The Hall–Kier alpha value is -2.36. The summed E-state index contributed by atoms with van der Waals surface area (Å²) in [4.78, 5) is 15.9. The maximum absolute atomic E-state index is 13.4. The second kappa shape index (κ2) is 5.62.